The first-order valence-electron chi connectivity index (χ1n) is 7.13. The molecule has 0 saturated heterocycles. The highest BCUT2D eigenvalue weighted by molar-refractivity contribution is 5.20. The molecule has 1 aromatic rings. The lowest BCUT2D eigenvalue weighted by atomic mass is 9.90. The van der Waals surface area contributed by atoms with Crippen molar-refractivity contribution in [3.63, 3.8) is 0 Å². The first-order chi connectivity index (χ1) is 8.35. The van der Waals surface area contributed by atoms with E-state index in [1.165, 1.54) is 31.2 Å². The molecule has 94 valence electrons. The van der Waals surface area contributed by atoms with Crippen LogP contribution in [-0.2, 0) is 0 Å². The van der Waals surface area contributed by atoms with Gasteiger partial charge >= 0.3 is 0 Å². The van der Waals surface area contributed by atoms with Gasteiger partial charge in [0.25, 0.3) is 0 Å². The van der Waals surface area contributed by atoms with Crippen LogP contribution in [0.15, 0.2) is 30.3 Å². The maximum Gasteiger partial charge on any atom is 0.0348 e. The average molecular weight is 231 g/mol. The van der Waals surface area contributed by atoms with Gasteiger partial charge in [0.1, 0.15) is 0 Å². The first kappa shape index (κ1) is 12.6. The van der Waals surface area contributed by atoms with E-state index in [0.717, 1.165) is 18.4 Å². The molecule has 0 amide bonds. The molecule has 1 nitrogen and oxygen atoms in total. The van der Waals surface area contributed by atoms with E-state index in [1.807, 2.05) is 0 Å². The summed E-state index contributed by atoms with van der Waals surface area (Å²) in [5, 5.41) is 3.69. The third-order valence-corrected chi connectivity index (χ3v) is 4.21. The fraction of sp³-hybridized carbons (Fsp3) is 0.625. The summed E-state index contributed by atoms with van der Waals surface area (Å²) in [5.74, 6) is 1.80. The number of hydrogen-bond acceptors (Lipinski definition) is 1. The van der Waals surface area contributed by atoms with Crippen LogP contribution in [0.2, 0.25) is 0 Å². The zero-order valence-electron chi connectivity index (χ0n) is 11.2. The summed E-state index contributed by atoms with van der Waals surface area (Å²) in [4.78, 5) is 0. The zero-order chi connectivity index (χ0) is 12.1. The lowest BCUT2D eigenvalue weighted by molar-refractivity contribution is 0.359. The molecule has 0 heterocycles. The molecule has 1 saturated carbocycles. The molecular weight excluding hydrogens is 206 g/mol. The molecule has 17 heavy (non-hydrogen) atoms. The molecule has 1 heteroatoms. The van der Waals surface area contributed by atoms with Gasteiger partial charge in [-0.3, -0.25) is 0 Å². The van der Waals surface area contributed by atoms with E-state index in [0.29, 0.717) is 6.04 Å². The van der Waals surface area contributed by atoms with Crippen LogP contribution >= 0.6 is 0 Å². The summed E-state index contributed by atoms with van der Waals surface area (Å²) in [7, 11) is 0. The Balaban J connectivity index is 2.08. The Hall–Kier alpha value is -0.820. The van der Waals surface area contributed by atoms with Gasteiger partial charge in [-0.15, -0.1) is 0 Å². The average Bonchev–Trinajstić information content (AvgIpc) is 2.85. The molecule has 2 rings (SSSR count). The van der Waals surface area contributed by atoms with E-state index in [9.17, 15) is 0 Å². The van der Waals surface area contributed by atoms with E-state index in [1.54, 1.807) is 0 Å². The Morgan fingerprint density at radius 1 is 1.18 bits per heavy atom. The Morgan fingerprint density at radius 3 is 2.53 bits per heavy atom. The lowest BCUT2D eigenvalue weighted by Gasteiger charge is -2.25. The number of nitrogens with one attached hydrogen (secondary N) is 1. The van der Waals surface area contributed by atoms with Gasteiger partial charge in [-0.1, -0.05) is 57.0 Å². The largest absolute Gasteiger partial charge is 0.310 e. The van der Waals surface area contributed by atoms with Crippen molar-refractivity contribution in [2.45, 2.75) is 45.6 Å². The van der Waals surface area contributed by atoms with Crippen LogP contribution in [0.3, 0.4) is 0 Å². The second-order valence-corrected chi connectivity index (χ2v) is 5.29. The van der Waals surface area contributed by atoms with Crippen LogP contribution in [0.1, 0.15) is 51.1 Å². The van der Waals surface area contributed by atoms with Crippen molar-refractivity contribution >= 4 is 0 Å². The topological polar surface area (TPSA) is 12.0 Å². The Labute approximate surface area is 106 Å². The summed E-state index contributed by atoms with van der Waals surface area (Å²) in [5.41, 5.74) is 1.47. The highest BCUT2D eigenvalue weighted by Crippen LogP contribution is 2.40. The molecule has 0 radical (unpaired) electrons. The smallest absolute Gasteiger partial charge is 0.0348 e. The SMILES string of the molecule is CCNC(c1ccccc1)C1CCC(CC)C1. The van der Waals surface area contributed by atoms with Gasteiger partial charge in [0.15, 0.2) is 0 Å². The Kier molecular flexibility index (Phi) is 4.61. The third kappa shape index (κ3) is 3.10. The second-order valence-electron chi connectivity index (χ2n) is 5.29. The highest BCUT2D eigenvalue weighted by atomic mass is 14.9. The quantitative estimate of drug-likeness (QED) is 0.802. The molecular formula is C16H25N. The molecule has 0 bridgehead atoms. The highest BCUT2D eigenvalue weighted by Gasteiger charge is 2.30. The van der Waals surface area contributed by atoms with Gasteiger partial charge in [0.05, 0.1) is 0 Å². The summed E-state index contributed by atoms with van der Waals surface area (Å²) in [6.45, 7) is 5.60. The third-order valence-electron chi connectivity index (χ3n) is 4.21. The van der Waals surface area contributed by atoms with Crippen LogP contribution in [0.25, 0.3) is 0 Å². The fourth-order valence-electron chi connectivity index (χ4n) is 3.22. The summed E-state index contributed by atoms with van der Waals surface area (Å²) in [6.07, 6.45) is 5.58. The van der Waals surface area contributed by atoms with Crippen molar-refractivity contribution in [2.24, 2.45) is 11.8 Å². The Morgan fingerprint density at radius 2 is 1.94 bits per heavy atom. The van der Waals surface area contributed by atoms with E-state index in [-0.39, 0.29) is 0 Å². The molecule has 0 spiro atoms. The molecule has 1 aliphatic carbocycles. The van der Waals surface area contributed by atoms with Crippen molar-refractivity contribution in [3.05, 3.63) is 35.9 Å². The molecule has 1 fully saturated rings. The fourth-order valence-corrected chi connectivity index (χ4v) is 3.22. The molecule has 0 aliphatic heterocycles. The Bertz CT molecular complexity index is 320. The van der Waals surface area contributed by atoms with E-state index < -0.39 is 0 Å². The van der Waals surface area contributed by atoms with Gasteiger partial charge in [-0.05, 0) is 36.8 Å². The van der Waals surface area contributed by atoms with Gasteiger partial charge in [-0.25, -0.2) is 0 Å². The first-order valence-corrected chi connectivity index (χ1v) is 7.13. The number of rotatable bonds is 5. The van der Waals surface area contributed by atoms with Gasteiger partial charge < -0.3 is 5.32 Å². The van der Waals surface area contributed by atoms with Gasteiger partial charge in [0, 0.05) is 6.04 Å². The normalized spacial score (nSPS) is 26.0. The van der Waals surface area contributed by atoms with E-state index >= 15 is 0 Å². The van der Waals surface area contributed by atoms with E-state index in [2.05, 4.69) is 49.5 Å². The van der Waals surface area contributed by atoms with Gasteiger partial charge in [0.2, 0.25) is 0 Å². The van der Waals surface area contributed by atoms with Crippen LogP contribution < -0.4 is 5.32 Å². The number of benzene rings is 1. The lowest BCUT2D eigenvalue weighted by Crippen LogP contribution is -2.27. The molecule has 3 unspecified atom stereocenters. The van der Waals surface area contributed by atoms with Crippen LogP contribution in [-0.4, -0.2) is 6.54 Å². The molecule has 1 aromatic carbocycles. The van der Waals surface area contributed by atoms with Crippen LogP contribution in [0.5, 0.6) is 0 Å². The summed E-state index contributed by atoms with van der Waals surface area (Å²) in [6, 6.07) is 11.5. The summed E-state index contributed by atoms with van der Waals surface area (Å²) < 4.78 is 0. The maximum absolute atomic E-state index is 3.69. The minimum Gasteiger partial charge on any atom is -0.310 e. The molecule has 1 aliphatic rings. The second kappa shape index (κ2) is 6.20. The predicted octanol–water partition coefficient (Wildman–Crippen LogP) is 4.16. The molecule has 0 aromatic heterocycles. The number of hydrogen-bond donors (Lipinski definition) is 1. The van der Waals surface area contributed by atoms with Crippen LogP contribution in [0, 0.1) is 11.8 Å². The maximum atomic E-state index is 3.69. The summed E-state index contributed by atoms with van der Waals surface area (Å²) >= 11 is 0. The van der Waals surface area contributed by atoms with Crippen molar-refractivity contribution in [2.75, 3.05) is 6.54 Å². The van der Waals surface area contributed by atoms with Gasteiger partial charge in [-0.2, -0.15) is 0 Å². The predicted molar refractivity (Wildman–Crippen MR) is 74.0 cm³/mol. The minimum absolute atomic E-state index is 0.567. The minimum atomic E-state index is 0.567. The monoisotopic (exact) mass is 231 g/mol. The van der Waals surface area contributed by atoms with Crippen molar-refractivity contribution in [1.82, 2.24) is 5.32 Å². The van der Waals surface area contributed by atoms with Crippen molar-refractivity contribution < 1.29 is 0 Å². The molecule has 3 atom stereocenters. The van der Waals surface area contributed by atoms with Crippen molar-refractivity contribution in [1.29, 1.82) is 0 Å². The van der Waals surface area contributed by atoms with Crippen LogP contribution in [0.4, 0.5) is 0 Å². The zero-order valence-corrected chi connectivity index (χ0v) is 11.2. The van der Waals surface area contributed by atoms with E-state index in [4.69, 9.17) is 0 Å². The standard InChI is InChI=1S/C16H25N/c1-3-13-10-11-15(12-13)16(17-4-2)14-8-6-5-7-9-14/h5-9,13,15-17H,3-4,10-12H2,1-2H3. The van der Waals surface area contributed by atoms with Crippen molar-refractivity contribution in [3.8, 4) is 0 Å². The molecule has 1 N–H and O–H groups in total.